The predicted molar refractivity (Wildman–Crippen MR) is 118 cm³/mol. The molecule has 0 bridgehead atoms. The molecule has 1 heterocycles. The van der Waals surface area contributed by atoms with Crippen LogP contribution >= 0.6 is 0 Å². The molecule has 0 atom stereocenters. The van der Waals surface area contributed by atoms with Gasteiger partial charge in [-0.2, -0.15) is 0 Å². The van der Waals surface area contributed by atoms with Gasteiger partial charge in [0.1, 0.15) is 11.4 Å². The molecule has 0 spiro atoms. The van der Waals surface area contributed by atoms with E-state index >= 15 is 0 Å². The largest absolute Gasteiger partial charge is 0.444 e. The normalized spacial score (nSPS) is 11.1. The second kappa shape index (κ2) is 10.00. The predicted octanol–water partition coefficient (Wildman–Crippen LogP) is 4.02. The van der Waals surface area contributed by atoms with Crippen LogP contribution in [0.1, 0.15) is 41.8 Å². The molecule has 1 aromatic heterocycles. The van der Waals surface area contributed by atoms with Crippen molar-refractivity contribution in [2.75, 3.05) is 0 Å². The van der Waals surface area contributed by atoms with Crippen LogP contribution in [0.4, 0.5) is 9.18 Å². The number of aromatic nitrogens is 2. The van der Waals surface area contributed by atoms with Gasteiger partial charge in [-0.1, -0.05) is 36.4 Å². The van der Waals surface area contributed by atoms with E-state index in [4.69, 9.17) is 10.5 Å². The molecule has 0 radical (unpaired) electrons. The summed E-state index contributed by atoms with van der Waals surface area (Å²) < 4.78 is 18.5. The maximum absolute atomic E-state index is 13.4. The van der Waals surface area contributed by atoms with Crippen LogP contribution in [0.2, 0.25) is 0 Å². The van der Waals surface area contributed by atoms with E-state index in [1.165, 1.54) is 24.5 Å². The van der Waals surface area contributed by atoms with Gasteiger partial charge in [-0.15, -0.1) is 0 Å². The van der Waals surface area contributed by atoms with Crippen molar-refractivity contribution >= 4 is 12.0 Å². The highest BCUT2D eigenvalue weighted by atomic mass is 19.1. The monoisotopic (exact) mass is 436 g/mol. The third-order valence-corrected chi connectivity index (χ3v) is 4.83. The van der Waals surface area contributed by atoms with Crippen molar-refractivity contribution in [1.29, 1.82) is 0 Å². The molecule has 0 saturated heterocycles. The van der Waals surface area contributed by atoms with E-state index < -0.39 is 11.7 Å². The highest BCUT2D eigenvalue weighted by molar-refractivity contribution is 5.93. The Labute approximate surface area is 185 Å². The third kappa shape index (κ3) is 6.60. The lowest BCUT2D eigenvalue weighted by atomic mass is 9.97. The highest BCUT2D eigenvalue weighted by Gasteiger charge is 2.21. The topological polar surface area (TPSA) is 107 Å². The van der Waals surface area contributed by atoms with Gasteiger partial charge in [0.2, 0.25) is 0 Å². The summed E-state index contributed by atoms with van der Waals surface area (Å²) in [5.74, 6) is -0.340. The number of rotatable bonds is 8. The van der Waals surface area contributed by atoms with Gasteiger partial charge in [0.15, 0.2) is 5.82 Å². The molecular weight excluding hydrogens is 411 g/mol. The molecule has 0 aliphatic carbocycles. The van der Waals surface area contributed by atoms with E-state index in [1.807, 2.05) is 38.1 Å². The zero-order valence-electron chi connectivity index (χ0n) is 18.0. The zero-order valence-corrected chi connectivity index (χ0v) is 18.0. The molecule has 0 aliphatic rings. The molecule has 0 fully saturated rings. The van der Waals surface area contributed by atoms with Crippen LogP contribution in [0.15, 0.2) is 60.9 Å². The molecule has 0 saturated carbocycles. The number of hydrogen-bond donors (Lipinski definition) is 2. The second-order valence-corrected chi connectivity index (χ2v) is 7.99. The van der Waals surface area contributed by atoms with Crippen LogP contribution in [-0.2, 0) is 17.7 Å². The van der Waals surface area contributed by atoms with Crippen molar-refractivity contribution in [2.45, 2.75) is 38.8 Å². The van der Waals surface area contributed by atoms with Gasteiger partial charge >= 0.3 is 6.09 Å². The summed E-state index contributed by atoms with van der Waals surface area (Å²) in [5.41, 5.74) is 7.29. The van der Waals surface area contributed by atoms with Crippen LogP contribution in [-0.4, -0.2) is 27.6 Å². The number of benzene rings is 2. The van der Waals surface area contributed by atoms with Gasteiger partial charge < -0.3 is 15.8 Å². The molecule has 0 aliphatic heterocycles. The molecule has 3 N–H and O–H groups in total. The van der Waals surface area contributed by atoms with E-state index in [9.17, 15) is 14.0 Å². The van der Waals surface area contributed by atoms with Crippen LogP contribution in [0.3, 0.4) is 0 Å². The first kappa shape index (κ1) is 22.9. The summed E-state index contributed by atoms with van der Waals surface area (Å²) in [4.78, 5) is 31.8. The standard InChI is InChI=1S/C24H25FN4O3/c1-24(2,32-23(26)31)10-9-16-5-3-6-17(11-16)13-29-22(30)19-14-27-21(28-15-19)18-7-4-8-20(25)12-18/h3-8,11-12,14-15H,9-10,13H2,1-2H3,(H2,26,31)(H,29,30). The Morgan fingerprint density at radius 1 is 1.06 bits per heavy atom. The number of nitrogens with one attached hydrogen (secondary N) is 1. The molecule has 3 aromatic rings. The number of carbonyl (C=O) groups excluding carboxylic acids is 2. The number of halogens is 1. The molecule has 2 aromatic carbocycles. The fourth-order valence-corrected chi connectivity index (χ4v) is 3.17. The number of aryl methyl sites for hydroxylation is 1. The fourth-order valence-electron chi connectivity index (χ4n) is 3.17. The molecular formula is C24H25FN4O3. The number of amides is 2. The molecule has 166 valence electrons. The van der Waals surface area contributed by atoms with Crippen molar-refractivity contribution in [3.63, 3.8) is 0 Å². The molecule has 32 heavy (non-hydrogen) atoms. The van der Waals surface area contributed by atoms with E-state index in [0.29, 0.717) is 36.3 Å². The van der Waals surface area contributed by atoms with Gasteiger partial charge in [-0.25, -0.2) is 19.2 Å². The first-order valence-electron chi connectivity index (χ1n) is 10.1. The summed E-state index contributed by atoms with van der Waals surface area (Å²) in [6.07, 6.45) is 3.34. The SMILES string of the molecule is CC(C)(CCc1cccc(CNC(=O)c2cnc(-c3cccc(F)c3)nc2)c1)OC(N)=O. The van der Waals surface area contributed by atoms with E-state index in [1.54, 1.807) is 12.1 Å². The van der Waals surface area contributed by atoms with Crippen molar-refractivity contribution in [3.05, 3.63) is 83.4 Å². The molecule has 3 rings (SSSR count). The van der Waals surface area contributed by atoms with Crippen LogP contribution in [0, 0.1) is 5.82 Å². The van der Waals surface area contributed by atoms with Crippen molar-refractivity contribution < 1.29 is 18.7 Å². The summed E-state index contributed by atoms with van der Waals surface area (Å²) in [6.45, 7) is 3.95. The van der Waals surface area contributed by atoms with Gasteiger partial charge in [0.25, 0.3) is 5.91 Å². The maximum atomic E-state index is 13.4. The first-order chi connectivity index (χ1) is 15.2. The number of ether oxygens (including phenoxy) is 1. The van der Waals surface area contributed by atoms with Gasteiger partial charge in [0.05, 0.1) is 5.56 Å². The Morgan fingerprint density at radius 3 is 2.44 bits per heavy atom. The Balaban J connectivity index is 1.57. The minimum atomic E-state index is -0.792. The quantitative estimate of drug-likeness (QED) is 0.555. The van der Waals surface area contributed by atoms with Crippen LogP contribution in [0.25, 0.3) is 11.4 Å². The first-order valence-corrected chi connectivity index (χ1v) is 10.1. The summed E-state index contributed by atoms with van der Waals surface area (Å²) in [6, 6.07) is 13.8. The number of primary amides is 1. The number of carbonyl (C=O) groups is 2. The lowest BCUT2D eigenvalue weighted by molar-refractivity contribution is 0.0394. The van der Waals surface area contributed by atoms with Gasteiger partial charge in [0, 0.05) is 24.5 Å². The number of nitrogens with two attached hydrogens (primary N) is 1. The molecule has 8 heteroatoms. The van der Waals surface area contributed by atoms with Crippen molar-refractivity contribution in [2.24, 2.45) is 5.73 Å². The van der Waals surface area contributed by atoms with Crippen LogP contribution in [0.5, 0.6) is 0 Å². The lowest BCUT2D eigenvalue weighted by Gasteiger charge is -2.23. The number of hydrogen-bond acceptors (Lipinski definition) is 5. The zero-order chi connectivity index (χ0) is 23.1. The third-order valence-electron chi connectivity index (χ3n) is 4.83. The molecule has 2 amide bonds. The average molecular weight is 436 g/mol. The Morgan fingerprint density at radius 2 is 1.75 bits per heavy atom. The average Bonchev–Trinajstić information content (AvgIpc) is 2.76. The Kier molecular flexibility index (Phi) is 7.14. The minimum Gasteiger partial charge on any atom is -0.444 e. The van der Waals surface area contributed by atoms with E-state index in [0.717, 1.165) is 11.1 Å². The summed E-state index contributed by atoms with van der Waals surface area (Å²) in [5, 5.41) is 2.84. The fraction of sp³-hybridized carbons (Fsp3) is 0.250. The second-order valence-electron chi connectivity index (χ2n) is 7.99. The number of nitrogens with zero attached hydrogens (tertiary/aromatic N) is 2. The highest BCUT2D eigenvalue weighted by Crippen LogP contribution is 2.19. The smallest absolute Gasteiger partial charge is 0.405 e. The Bertz CT molecular complexity index is 1100. The van der Waals surface area contributed by atoms with E-state index in [2.05, 4.69) is 15.3 Å². The minimum absolute atomic E-state index is 0.308. The van der Waals surface area contributed by atoms with Crippen molar-refractivity contribution in [1.82, 2.24) is 15.3 Å². The van der Waals surface area contributed by atoms with Gasteiger partial charge in [-0.05, 0) is 49.9 Å². The summed E-state index contributed by atoms with van der Waals surface area (Å²) in [7, 11) is 0. The van der Waals surface area contributed by atoms with E-state index in [-0.39, 0.29) is 11.7 Å². The Hall–Kier alpha value is -3.81. The lowest BCUT2D eigenvalue weighted by Crippen LogP contribution is -2.31. The summed E-state index contributed by atoms with van der Waals surface area (Å²) >= 11 is 0. The van der Waals surface area contributed by atoms with Crippen molar-refractivity contribution in [3.8, 4) is 11.4 Å². The molecule has 0 unspecified atom stereocenters. The van der Waals surface area contributed by atoms with Gasteiger partial charge in [-0.3, -0.25) is 4.79 Å². The maximum Gasteiger partial charge on any atom is 0.405 e. The van der Waals surface area contributed by atoms with Crippen LogP contribution < -0.4 is 11.1 Å². The molecule has 7 nitrogen and oxygen atoms in total.